The van der Waals surface area contributed by atoms with E-state index in [9.17, 15) is 9.59 Å². The lowest BCUT2D eigenvalue weighted by Gasteiger charge is -2.14. The number of hydrogen-bond acceptors (Lipinski definition) is 3. The number of carbonyl (C=O) groups excluding carboxylic acids is 2. The fourth-order valence-corrected chi connectivity index (χ4v) is 1.42. The lowest BCUT2D eigenvalue weighted by Crippen LogP contribution is -2.30. The molecule has 1 saturated heterocycles. The Bertz CT molecular complexity index is 202. The van der Waals surface area contributed by atoms with E-state index in [1.807, 2.05) is 27.8 Å². The summed E-state index contributed by atoms with van der Waals surface area (Å²) in [5.74, 6) is 0.569. The summed E-state index contributed by atoms with van der Waals surface area (Å²) in [6.07, 6.45) is 2.91. The van der Waals surface area contributed by atoms with Crippen molar-refractivity contribution in [2.24, 2.45) is 0 Å². The van der Waals surface area contributed by atoms with Gasteiger partial charge < -0.3 is 4.79 Å². The third-order valence-corrected chi connectivity index (χ3v) is 2.49. The first-order chi connectivity index (χ1) is 7.49. The Morgan fingerprint density at radius 2 is 1.69 bits per heavy atom. The quantitative estimate of drug-likeness (QED) is 0.730. The van der Waals surface area contributed by atoms with Crippen LogP contribution >= 0.6 is 0 Å². The summed E-state index contributed by atoms with van der Waals surface area (Å²) in [4.78, 5) is 22.8. The Balaban J connectivity index is 0. The SMILES string of the molecule is CC.CC(=O)C1CCCN1C.CCC(C)=O. The van der Waals surface area contributed by atoms with Gasteiger partial charge >= 0.3 is 0 Å². The smallest absolute Gasteiger partial charge is 0.146 e. The molecule has 3 nitrogen and oxygen atoms in total. The highest BCUT2D eigenvalue weighted by Gasteiger charge is 2.23. The molecule has 0 radical (unpaired) electrons. The zero-order valence-corrected chi connectivity index (χ0v) is 11.7. The topological polar surface area (TPSA) is 37.4 Å². The lowest BCUT2D eigenvalue weighted by molar-refractivity contribution is -0.120. The highest BCUT2D eigenvalue weighted by atomic mass is 16.1. The molecule has 1 rings (SSSR count). The molecule has 3 heteroatoms. The summed E-state index contributed by atoms with van der Waals surface area (Å²) in [5, 5.41) is 0. The number of Topliss-reactive ketones (excluding diaryl/α,β-unsaturated/α-hetero) is 2. The molecule has 0 bridgehead atoms. The van der Waals surface area contributed by atoms with Gasteiger partial charge in [0.05, 0.1) is 6.04 Å². The van der Waals surface area contributed by atoms with Crippen molar-refractivity contribution in [2.75, 3.05) is 13.6 Å². The minimum absolute atomic E-state index is 0.227. The molecule has 0 spiro atoms. The van der Waals surface area contributed by atoms with Gasteiger partial charge in [0.2, 0.25) is 0 Å². The molecular weight excluding hydrogens is 202 g/mol. The van der Waals surface area contributed by atoms with Gasteiger partial charge in [-0.15, -0.1) is 0 Å². The molecule has 1 atom stereocenters. The molecule has 1 heterocycles. The van der Waals surface area contributed by atoms with Crippen LogP contribution < -0.4 is 0 Å². The van der Waals surface area contributed by atoms with Gasteiger partial charge in [0.25, 0.3) is 0 Å². The van der Waals surface area contributed by atoms with E-state index in [0.717, 1.165) is 13.0 Å². The average molecular weight is 229 g/mol. The summed E-state index contributed by atoms with van der Waals surface area (Å²) in [7, 11) is 2.01. The Hall–Kier alpha value is -0.700. The van der Waals surface area contributed by atoms with Crippen LogP contribution in [0.25, 0.3) is 0 Å². The second-order valence-corrected chi connectivity index (χ2v) is 3.80. The Labute approximate surface area is 100 Å². The van der Waals surface area contributed by atoms with E-state index in [4.69, 9.17) is 0 Å². The van der Waals surface area contributed by atoms with Gasteiger partial charge in [-0.3, -0.25) is 9.69 Å². The third-order valence-electron chi connectivity index (χ3n) is 2.49. The molecule has 0 aromatic rings. The molecule has 1 aliphatic rings. The molecule has 0 saturated carbocycles. The summed E-state index contributed by atoms with van der Waals surface area (Å²) >= 11 is 0. The number of ketones is 2. The van der Waals surface area contributed by atoms with Crippen molar-refractivity contribution >= 4 is 11.6 Å². The predicted octanol–water partition coefficient (Wildman–Crippen LogP) is 2.68. The molecule has 0 N–H and O–H groups in total. The van der Waals surface area contributed by atoms with E-state index < -0.39 is 0 Å². The van der Waals surface area contributed by atoms with Crippen molar-refractivity contribution in [1.29, 1.82) is 0 Å². The molecular formula is C13H27NO2. The van der Waals surface area contributed by atoms with Crippen LogP contribution in [0.5, 0.6) is 0 Å². The van der Waals surface area contributed by atoms with E-state index >= 15 is 0 Å². The normalized spacial score (nSPS) is 19.0. The zero-order valence-electron chi connectivity index (χ0n) is 11.7. The van der Waals surface area contributed by atoms with Gasteiger partial charge in [-0.25, -0.2) is 0 Å². The van der Waals surface area contributed by atoms with Gasteiger partial charge in [-0.1, -0.05) is 20.8 Å². The number of hydrogen-bond donors (Lipinski definition) is 0. The molecule has 0 amide bonds. The molecule has 16 heavy (non-hydrogen) atoms. The highest BCUT2D eigenvalue weighted by molar-refractivity contribution is 5.81. The monoisotopic (exact) mass is 229 g/mol. The number of likely N-dealkylation sites (N-methyl/N-ethyl adjacent to an activating group) is 1. The van der Waals surface area contributed by atoms with Gasteiger partial charge in [-0.2, -0.15) is 0 Å². The van der Waals surface area contributed by atoms with Crippen LogP contribution in [0.4, 0.5) is 0 Å². The van der Waals surface area contributed by atoms with E-state index in [1.54, 1.807) is 13.8 Å². The lowest BCUT2D eigenvalue weighted by atomic mass is 10.1. The van der Waals surface area contributed by atoms with Crippen molar-refractivity contribution < 1.29 is 9.59 Å². The molecule has 0 aliphatic carbocycles. The zero-order chi connectivity index (χ0) is 13.1. The molecule has 0 aromatic heterocycles. The van der Waals surface area contributed by atoms with Gasteiger partial charge in [0.1, 0.15) is 11.6 Å². The maximum absolute atomic E-state index is 10.8. The maximum atomic E-state index is 10.8. The minimum atomic E-state index is 0.227. The second-order valence-electron chi connectivity index (χ2n) is 3.80. The summed E-state index contributed by atoms with van der Waals surface area (Å²) in [6, 6.07) is 0.227. The van der Waals surface area contributed by atoms with Crippen molar-refractivity contribution in [3.63, 3.8) is 0 Å². The van der Waals surface area contributed by atoms with Crippen LogP contribution in [-0.2, 0) is 9.59 Å². The average Bonchev–Trinajstić information content (AvgIpc) is 2.68. The summed E-state index contributed by atoms with van der Waals surface area (Å²) in [6.45, 7) is 10.2. The number of likely N-dealkylation sites (tertiary alicyclic amines) is 1. The van der Waals surface area contributed by atoms with Gasteiger partial charge in [0.15, 0.2) is 0 Å². The van der Waals surface area contributed by atoms with E-state index in [1.165, 1.54) is 6.42 Å². The molecule has 96 valence electrons. The first kappa shape index (κ1) is 17.7. The Morgan fingerprint density at radius 1 is 1.25 bits per heavy atom. The largest absolute Gasteiger partial charge is 0.300 e. The van der Waals surface area contributed by atoms with E-state index in [0.29, 0.717) is 12.2 Å². The standard InChI is InChI=1S/C7H13NO.C4H8O.C2H6/c1-6(9)7-4-3-5-8(7)2;1-3-4(2)5;1-2/h7H,3-5H2,1-2H3;3H2,1-2H3;1-2H3. The van der Waals surface area contributed by atoms with Crippen molar-refractivity contribution in [1.82, 2.24) is 4.90 Å². The van der Waals surface area contributed by atoms with Crippen LogP contribution in [0, 0.1) is 0 Å². The van der Waals surface area contributed by atoms with Crippen molar-refractivity contribution in [3.05, 3.63) is 0 Å². The van der Waals surface area contributed by atoms with Gasteiger partial charge in [-0.05, 0) is 40.3 Å². The Morgan fingerprint density at radius 3 is 1.81 bits per heavy atom. The molecule has 1 aliphatic heterocycles. The third kappa shape index (κ3) is 8.60. The van der Waals surface area contributed by atoms with Crippen LogP contribution in [0.1, 0.15) is 53.9 Å². The second kappa shape index (κ2) is 10.8. The van der Waals surface area contributed by atoms with Crippen molar-refractivity contribution in [3.8, 4) is 0 Å². The first-order valence-corrected chi connectivity index (χ1v) is 6.19. The molecule has 1 unspecified atom stereocenters. The van der Waals surface area contributed by atoms with Crippen LogP contribution in [0.2, 0.25) is 0 Å². The first-order valence-electron chi connectivity index (χ1n) is 6.19. The van der Waals surface area contributed by atoms with E-state index in [2.05, 4.69) is 4.90 Å². The highest BCUT2D eigenvalue weighted by Crippen LogP contribution is 2.14. The number of carbonyl (C=O) groups is 2. The summed E-state index contributed by atoms with van der Waals surface area (Å²) < 4.78 is 0. The fraction of sp³-hybridized carbons (Fsp3) is 0.846. The number of rotatable bonds is 2. The molecule has 0 aromatic carbocycles. The van der Waals surface area contributed by atoms with Crippen LogP contribution in [0.3, 0.4) is 0 Å². The summed E-state index contributed by atoms with van der Waals surface area (Å²) in [5.41, 5.74) is 0. The minimum Gasteiger partial charge on any atom is -0.300 e. The Kier molecular flexibility index (Phi) is 11.9. The van der Waals surface area contributed by atoms with Crippen molar-refractivity contribution in [2.45, 2.75) is 59.9 Å². The van der Waals surface area contributed by atoms with Gasteiger partial charge in [0, 0.05) is 6.42 Å². The maximum Gasteiger partial charge on any atom is 0.146 e. The van der Waals surface area contributed by atoms with E-state index in [-0.39, 0.29) is 11.8 Å². The van der Waals surface area contributed by atoms with Crippen LogP contribution in [0.15, 0.2) is 0 Å². The van der Waals surface area contributed by atoms with Crippen LogP contribution in [-0.4, -0.2) is 36.1 Å². The number of nitrogens with zero attached hydrogens (tertiary/aromatic N) is 1. The fourth-order valence-electron chi connectivity index (χ4n) is 1.42. The molecule has 1 fully saturated rings. The predicted molar refractivity (Wildman–Crippen MR) is 68.7 cm³/mol.